The highest BCUT2D eigenvalue weighted by Gasteiger charge is 2.28. The minimum Gasteiger partial charge on any atom is -0.507 e. The van der Waals surface area contributed by atoms with Crippen LogP contribution in [-0.2, 0) is 15.6 Å². The van der Waals surface area contributed by atoms with E-state index >= 15 is 0 Å². The molecule has 27 heavy (non-hydrogen) atoms. The first-order valence-electron chi connectivity index (χ1n) is 9.62. The molecule has 0 unspecified atom stereocenters. The third-order valence-corrected chi connectivity index (χ3v) is 4.85. The summed E-state index contributed by atoms with van der Waals surface area (Å²) in [5.74, 6) is 1.13. The zero-order chi connectivity index (χ0) is 20.4. The van der Waals surface area contributed by atoms with Gasteiger partial charge < -0.3 is 14.6 Å². The molecule has 2 aromatic rings. The van der Waals surface area contributed by atoms with Crippen LogP contribution >= 0.6 is 0 Å². The van der Waals surface area contributed by atoms with E-state index in [4.69, 9.17) is 9.47 Å². The first-order chi connectivity index (χ1) is 12.5. The van der Waals surface area contributed by atoms with Crippen LogP contribution in [0.4, 0.5) is 0 Å². The summed E-state index contributed by atoms with van der Waals surface area (Å²) in [6, 6.07) is 12.1. The Kier molecular flexibility index (Phi) is 6.26. The molecule has 0 heterocycles. The number of hydrogen-bond donors (Lipinski definition) is 1. The second-order valence-electron chi connectivity index (χ2n) is 9.07. The Hall–Kier alpha value is -2.00. The van der Waals surface area contributed by atoms with Gasteiger partial charge in [0.25, 0.3) is 0 Å². The van der Waals surface area contributed by atoms with E-state index in [1.807, 2.05) is 31.2 Å². The van der Waals surface area contributed by atoms with Crippen molar-refractivity contribution in [3.8, 4) is 11.5 Å². The number of methoxy groups -OCH3 is 1. The van der Waals surface area contributed by atoms with E-state index in [1.54, 1.807) is 7.11 Å². The molecular formula is C24H34O3. The van der Waals surface area contributed by atoms with Gasteiger partial charge in [0.05, 0.1) is 7.11 Å². The van der Waals surface area contributed by atoms with Crippen LogP contribution in [0, 0.1) is 0 Å². The van der Waals surface area contributed by atoms with Crippen LogP contribution in [0.2, 0.25) is 0 Å². The molecule has 2 aromatic carbocycles. The molecule has 0 aromatic heterocycles. The average Bonchev–Trinajstić information content (AvgIpc) is 2.58. The maximum absolute atomic E-state index is 11.2. The first kappa shape index (κ1) is 21.3. The van der Waals surface area contributed by atoms with Crippen molar-refractivity contribution in [1.82, 2.24) is 0 Å². The number of hydrogen-bond acceptors (Lipinski definition) is 3. The van der Waals surface area contributed by atoms with Gasteiger partial charge in [-0.2, -0.15) is 0 Å². The summed E-state index contributed by atoms with van der Waals surface area (Å²) in [6.07, 6.45) is -0.329. The Balaban J connectivity index is 2.70. The van der Waals surface area contributed by atoms with Crippen molar-refractivity contribution in [2.45, 2.75) is 65.4 Å². The lowest BCUT2D eigenvalue weighted by Crippen LogP contribution is -2.19. The highest BCUT2D eigenvalue weighted by Crippen LogP contribution is 2.42. The van der Waals surface area contributed by atoms with Gasteiger partial charge in [0.15, 0.2) is 0 Å². The van der Waals surface area contributed by atoms with E-state index in [0.29, 0.717) is 12.4 Å². The lowest BCUT2D eigenvalue weighted by atomic mass is 9.78. The van der Waals surface area contributed by atoms with Gasteiger partial charge in [-0.25, -0.2) is 0 Å². The molecule has 3 heteroatoms. The highest BCUT2D eigenvalue weighted by atomic mass is 16.5. The lowest BCUT2D eigenvalue weighted by Gasteiger charge is -2.30. The third kappa shape index (κ3) is 4.84. The number of ether oxygens (including phenoxy) is 2. The highest BCUT2D eigenvalue weighted by molar-refractivity contribution is 5.52. The lowest BCUT2D eigenvalue weighted by molar-refractivity contribution is 0.0891. The number of benzene rings is 2. The van der Waals surface area contributed by atoms with Gasteiger partial charge >= 0.3 is 0 Å². The molecule has 1 atom stereocenters. The summed E-state index contributed by atoms with van der Waals surface area (Å²) in [4.78, 5) is 0. The largest absolute Gasteiger partial charge is 0.507 e. The number of phenols is 1. The third-order valence-electron chi connectivity index (χ3n) is 4.85. The van der Waals surface area contributed by atoms with Crippen molar-refractivity contribution in [2.75, 3.05) is 13.7 Å². The molecule has 0 fully saturated rings. The Morgan fingerprint density at radius 1 is 0.926 bits per heavy atom. The molecule has 2 rings (SSSR count). The zero-order valence-corrected chi connectivity index (χ0v) is 18.0. The first-order valence-corrected chi connectivity index (χ1v) is 9.62. The van der Waals surface area contributed by atoms with E-state index in [9.17, 15) is 5.11 Å². The fourth-order valence-electron chi connectivity index (χ4n) is 3.17. The molecule has 0 radical (unpaired) electrons. The topological polar surface area (TPSA) is 38.7 Å². The zero-order valence-electron chi connectivity index (χ0n) is 18.0. The van der Waals surface area contributed by atoms with E-state index in [-0.39, 0.29) is 16.9 Å². The summed E-state index contributed by atoms with van der Waals surface area (Å²) in [5.41, 5.74) is 3.76. The number of phenolic OH excluding ortho intramolecular Hbond substituents is 1. The van der Waals surface area contributed by atoms with Crippen molar-refractivity contribution in [2.24, 2.45) is 0 Å². The molecule has 1 N–H and O–H groups in total. The molecular weight excluding hydrogens is 336 g/mol. The molecule has 0 saturated carbocycles. The van der Waals surface area contributed by atoms with Crippen LogP contribution in [0.15, 0.2) is 36.4 Å². The van der Waals surface area contributed by atoms with E-state index in [2.05, 4.69) is 53.7 Å². The minimum absolute atomic E-state index is 0.0286. The normalized spacial score (nSPS) is 13.5. The molecule has 0 amide bonds. The van der Waals surface area contributed by atoms with Crippen LogP contribution in [0.3, 0.4) is 0 Å². The standard InChI is InChI=1S/C24H34O3/c1-9-27-22(16-10-12-18(26-8)13-11-16)19-14-17(23(2,3)4)15-20(21(19)25)24(5,6)7/h10-15,22,25H,9H2,1-8H3/t22-/m0/s1. The molecule has 0 aliphatic rings. The minimum atomic E-state index is -0.329. The predicted octanol–water partition coefficient (Wildman–Crippen LogP) is 6.12. The smallest absolute Gasteiger partial charge is 0.125 e. The quantitative estimate of drug-likeness (QED) is 0.689. The molecule has 148 valence electrons. The molecule has 0 spiro atoms. The molecule has 0 bridgehead atoms. The Morgan fingerprint density at radius 2 is 1.52 bits per heavy atom. The van der Waals surface area contributed by atoms with Crippen molar-refractivity contribution < 1.29 is 14.6 Å². The van der Waals surface area contributed by atoms with Crippen LogP contribution in [0.25, 0.3) is 0 Å². The summed E-state index contributed by atoms with van der Waals surface area (Å²) >= 11 is 0. The van der Waals surface area contributed by atoms with E-state index in [1.165, 1.54) is 5.56 Å². The number of rotatable bonds is 5. The SMILES string of the molecule is CCO[C@@H](c1ccc(OC)cc1)c1cc(C(C)(C)C)cc(C(C)(C)C)c1O. The van der Waals surface area contributed by atoms with Crippen LogP contribution in [-0.4, -0.2) is 18.8 Å². The van der Waals surface area contributed by atoms with Gasteiger partial charge in [0.1, 0.15) is 17.6 Å². The van der Waals surface area contributed by atoms with E-state index < -0.39 is 0 Å². The molecule has 0 aliphatic carbocycles. The van der Waals surface area contributed by atoms with Gasteiger partial charge in [-0.3, -0.25) is 0 Å². The van der Waals surface area contributed by atoms with Crippen LogP contribution in [0.1, 0.15) is 76.8 Å². The Bertz CT molecular complexity index is 762. The van der Waals surface area contributed by atoms with Gasteiger partial charge in [-0.05, 0) is 52.6 Å². The maximum Gasteiger partial charge on any atom is 0.125 e. The Morgan fingerprint density at radius 3 is 1.96 bits per heavy atom. The summed E-state index contributed by atoms with van der Waals surface area (Å²) in [6.45, 7) is 15.5. The monoisotopic (exact) mass is 370 g/mol. The Labute approximate surface area is 164 Å². The fourth-order valence-corrected chi connectivity index (χ4v) is 3.17. The molecule has 0 aliphatic heterocycles. The van der Waals surface area contributed by atoms with Crippen molar-refractivity contribution in [3.05, 3.63) is 58.7 Å². The van der Waals surface area contributed by atoms with Crippen LogP contribution in [0.5, 0.6) is 11.5 Å². The maximum atomic E-state index is 11.2. The predicted molar refractivity (Wildman–Crippen MR) is 112 cm³/mol. The van der Waals surface area contributed by atoms with Crippen molar-refractivity contribution >= 4 is 0 Å². The average molecular weight is 371 g/mol. The van der Waals surface area contributed by atoms with Crippen LogP contribution < -0.4 is 4.74 Å². The summed E-state index contributed by atoms with van der Waals surface area (Å²) < 4.78 is 11.4. The van der Waals surface area contributed by atoms with E-state index in [0.717, 1.165) is 22.4 Å². The van der Waals surface area contributed by atoms with Gasteiger partial charge in [0, 0.05) is 12.2 Å². The molecule has 3 nitrogen and oxygen atoms in total. The van der Waals surface area contributed by atoms with Crippen molar-refractivity contribution in [3.63, 3.8) is 0 Å². The second-order valence-corrected chi connectivity index (χ2v) is 9.07. The second kappa shape index (κ2) is 7.93. The molecule has 0 saturated heterocycles. The van der Waals surface area contributed by atoms with Gasteiger partial charge in [-0.15, -0.1) is 0 Å². The number of aromatic hydroxyl groups is 1. The van der Waals surface area contributed by atoms with Gasteiger partial charge in [-0.1, -0.05) is 59.7 Å². The fraction of sp³-hybridized carbons (Fsp3) is 0.500. The summed E-state index contributed by atoms with van der Waals surface area (Å²) in [5, 5.41) is 11.2. The summed E-state index contributed by atoms with van der Waals surface area (Å²) in [7, 11) is 1.66. The van der Waals surface area contributed by atoms with Gasteiger partial charge in [0.2, 0.25) is 0 Å². The van der Waals surface area contributed by atoms with Crippen molar-refractivity contribution in [1.29, 1.82) is 0 Å².